The average Bonchev–Trinajstić information content (AvgIpc) is 3.61. The molecule has 8 aromatic carbocycles. The van der Waals surface area contributed by atoms with Gasteiger partial charge in [-0.1, -0.05) is 180 Å². The normalized spacial score (nSPS) is 13.6. The molecular weight excluding hydrogens is 850 g/mol. The number of hydrogen-bond donors (Lipinski definition) is 0. The number of hydrogen-bond acceptors (Lipinski definition) is 3. The first-order valence-electron chi connectivity index (χ1n) is 25.2. The maximum absolute atomic E-state index is 7.22. The molecule has 350 valence electrons. The van der Waals surface area contributed by atoms with Gasteiger partial charge in [-0.25, -0.2) is 0 Å². The van der Waals surface area contributed by atoms with Crippen LogP contribution in [0, 0.1) is 0 Å². The van der Waals surface area contributed by atoms with Gasteiger partial charge in [0.15, 0.2) is 0 Å². The van der Waals surface area contributed by atoms with E-state index in [9.17, 15) is 0 Å². The lowest BCUT2D eigenvalue weighted by Gasteiger charge is -2.42. The van der Waals surface area contributed by atoms with E-state index in [-0.39, 0.29) is 28.4 Å². The summed E-state index contributed by atoms with van der Waals surface area (Å²) in [6, 6.07) is 61.9. The van der Waals surface area contributed by atoms with Crippen LogP contribution in [0.25, 0.3) is 32.9 Å². The fourth-order valence-corrected chi connectivity index (χ4v) is 11.0. The lowest BCUT2D eigenvalue weighted by atomic mass is 9.33. The molecular formula is C65H66BN3O. The Morgan fingerprint density at radius 2 is 0.957 bits per heavy atom. The molecule has 2 aliphatic heterocycles. The Labute approximate surface area is 416 Å². The fourth-order valence-electron chi connectivity index (χ4n) is 11.0. The van der Waals surface area contributed by atoms with Crippen LogP contribution in [-0.2, 0) is 28.7 Å². The minimum absolute atomic E-state index is 0.0191. The third kappa shape index (κ3) is 7.61. The quantitative estimate of drug-likeness (QED) is 0.161. The second-order valence-corrected chi connectivity index (χ2v) is 24.0. The second-order valence-electron chi connectivity index (χ2n) is 24.0. The molecule has 0 saturated heterocycles. The van der Waals surface area contributed by atoms with Crippen LogP contribution in [0.2, 0.25) is 0 Å². The summed E-state index contributed by atoms with van der Waals surface area (Å²) < 4.78 is 9.61. The van der Waals surface area contributed by atoms with E-state index in [1.54, 1.807) is 0 Å². The van der Waals surface area contributed by atoms with Crippen molar-refractivity contribution in [3.05, 3.63) is 186 Å². The molecule has 5 heteroatoms. The summed E-state index contributed by atoms with van der Waals surface area (Å²) in [7, 11) is 2.23. The molecule has 0 fully saturated rings. The van der Waals surface area contributed by atoms with Gasteiger partial charge >= 0.3 is 0 Å². The van der Waals surface area contributed by atoms with Crippen molar-refractivity contribution in [2.75, 3.05) is 9.80 Å². The second kappa shape index (κ2) is 16.0. The number of ether oxygens (including phenoxy) is 1. The minimum atomic E-state index is -0.0736. The van der Waals surface area contributed by atoms with Crippen molar-refractivity contribution in [2.45, 2.75) is 105 Å². The lowest BCUT2D eigenvalue weighted by molar-refractivity contribution is 0.486. The molecule has 0 bridgehead atoms. The van der Waals surface area contributed by atoms with Gasteiger partial charge in [0.05, 0.1) is 16.9 Å². The number of nitrogens with zero attached hydrogens (tertiary/aromatic N) is 3. The van der Waals surface area contributed by atoms with Crippen LogP contribution >= 0.6 is 0 Å². The average molecular weight is 916 g/mol. The first kappa shape index (κ1) is 45.5. The molecule has 0 unspecified atom stereocenters. The van der Waals surface area contributed by atoms with Crippen LogP contribution in [-0.4, -0.2) is 11.3 Å². The number of rotatable bonds is 5. The van der Waals surface area contributed by atoms with Gasteiger partial charge in [-0.15, -0.1) is 0 Å². The van der Waals surface area contributed by atoms with Crippen molar-refractivity contribution in [1.82, 2.24) is 4.57 Å². The first-order valence-corrected chi connectivity index (χ1v) is 25.2. The van der Waals surface area contributed by atoms with Gasteiger partial charge in [0.1, 0.15) is 11.5 Å². The Hall–Kier alpha value is -6.98. The highest BCUT2D eigenvalue weighted by Gasteiger charge is 2.44. The highest BCUT2D eigenvalue weighted by atomic mass is 16.5. The van der Waals surface area contributed by atoms with E-state index in [0.29, 0.717) is 0 Å². The Kier molecular flexibility index (Phi) is 10.4. The monoisotopic (exact) mass is 916 g/mol. The van der Waals surface area contributed by atoms with Gasteiger partial charge in [-0.2, -0.15) is 0 Å². The topological polar surface area (TPSA) is 20.6 Å². The summed E-state index contributed by atoms with van der Waals surface area (Å²) in [5.41, 5.74) is 20.2. The van der Waals surface area contributed by atoms with E-state index in [4.69, 9.17) is 4.74 Å². The summed E-state index contributed by atoms with van der Waals surface area (Å²) >= 11 is 0. The smallest absolute Gasteiger partial charge is 0.256 e. The number of aromatic nitrogens is 1. The lowest BCUT2D eigenvalue weighted by Crippen LogP contribution is -2.60. The van der Waals surface area contributed by atoms with Crippen LogP contribution in [0.15, 0.2) is 164 Å². The van der Waals surface area contributed by atoms with Gasteiger partial charge in [-0.3, -0.25) is 0 Å². The molecule has 9 aromatic rings. The van der Waals surface area contributed by atoms with E-state index >= 15 is 0 Å². The van der Waals surface area contributed by atoms with Crippen molar-refractivity contribution in [2.24, 2.45) is 7.05 Å². The Balaban J connectivity index is 1.26. The number of para-hydroxylation sites is 1. The molecule has 4 nitrogen and oxygen atoms in total. The molecule has 0 N–H and O–H groups in total. The molecule has 1 aromatic heterocycles. The fraction of sp³-hybridized carbons (Fsp3) is 0.262. The number of anilines is 6. The van der Waals surface area contributed by atoms with Crippen molar-refractivity contribution in [3.63, 3.8) is 0 Å². The van der Waals surface area contributed by atoms with E-state index < -0.39 is 0 Å². The molecule has 0 spiro atoms. The van der Waals surface area contributed by atoms with E-state index in [0.717, 1.165) is 56.6 Å². The van der Waals surface area contributed by atoms with Crippen LogP contribution < -0.4 is 30.9 Å². The van der Waals surface area contributed by atoms with Gasteiger partial charge in [0, 0.05) is 46.1 Å². The summed E-state index contributed by atoms with van der Waals surface area (Å²) in [6.07, 6.45) is 0. The Bertz CT molecular complexity index is 3440. The highest BCUT2D eigenvalue weighted by molar-refractivity contribution is 6.99. The summed E-state index contributed by atoms with van der Waals surface area (Å²) in [5.74, 6) is 1.82. The number of benzene rings is 8. The molecule has 0 amide bonds. The van der Waals surface area contributed by atoms with Crippen LogP contribution in [0.1, 0.15) is 105 Å². The predicted molar refractivity (Wildman–Crippen MR) is 301 cm³/mol. The van der Waals surface area contributed by atoms with Crippen molar-refractivity contribution >= 4 is 79.0 Å². The molecule has 2 aliphatic rings. The van der Waals surface area contributed by atoms with Crippen molar-refractivity contribution in [1.29, 1.82) is 0 Å². The highest BCUT2D eigenvalue weighted by Crippen LogP contribution is 2.50. The van der Waals surface area contributed by atoms with Gasteiger partial charge in [0.25, 0.3) is 6.71 Å². The molecule has 11 rings (SSSR count). The number of fused-ring (bicyclic) bond motifs is 7. The van der Waals surface area contributed by atoms with Gasteiger partial charge in [-0.05, 0) is 138 Å². The van der Waals surface area contributed by atoms with Crippen LogP contribution in [0.5, 0.6) is 11.5 Å². The largest absolute Gasteiger partial charge is 0.458 e. The Morgan fingerprint density at radius 3 is 1.56 bits per heavy atom. The van der Waals surface area contributed by atoms with Crippen molar-refractivity contribution in [3.8, 4) is 22.6 Å². The summed E-state index contributed by atoms with van der Waals surface area (Å²) in [5, 5.41) is 2.43. The third-order valence-corrected chi connectivity index (χ3v) is 15.1. The van der Waals surface area contributed by atoms with E-state index in [1.165, 1.54) is 60.6 Å². The SMILES string of the molecule is Cn1c2ccccc2c2c(N3c4ccc(C(C)(C)C)cc4B4c5cc(C(C)(C)C)ccc5Oc5cc(-c6ccccc6)cc3c54)cc(N(c3ccc(C(C)(C)C)cc3)c3ccc(C(C)(C)C)cc3)cc21. The zero-order valence-electron chi connectivity index (χ0n) is 43.4. The van der Waals surface area contributed by atoms with Gasteiger partial charge in [0.2, 0.25) is 0 Å². The van der Waals surface area contributed by atoms with Crippen LogP contribution in [0.3, 0.4) is 0 Å². The summed E-state index contributed by atoms with van der Waals surface area (Å²) in [6.45, 7) is 27.6. The standard InChI is InChI=1S/C65H66BN3O/c1-62(2,3)43-23-29-47(30-24-43)68(48-31-25-44(26-32-48)63(4,5)6)49-39-55-60(50-21-17-18-22-53(50)67(55)13)56(40-49)69-54-33-27-45(64(7,8)9)37-51(54)66-52-38-46(65(10,11)12)28-34-58(52)70-59-36-42(35-57(69)61(59)66)41-19-15-14-16-20-41/h14-40H,1-13H3. The molecule has 0 atom stereocenters. The minimum Gasteiger partial charge on any atom is -0.458 e. The molecule has 70 heavy (non-hydrogen) atoms. The predicted octanol–water partition coefficient (Wildman–Crippen LogP) is 16.1. The zero-order valence-corrected chi connectivity index (χ0v) is 43.4. The van der Waals surface area contributed by atoms with Gasteiger partial charge < -0.3 is 19.1 Å². The first-order chi connectivity index (χ1) is 33.1. The van der Waals surface area contributed by atoms with E-state index in [2.05, 4.69) is 268 Å². The number of aryl methyl sites for hydroxylation is 1. The summed E-state index contributed by atoms with van der Waals surface area (Å²) in [4.78, 5) is 5.05. The zero-order chi connectivity index (χ0) is 49.2. The molecule has 0 saturated carbocycles. The maximum Gasteiger partial charge on any atom is 0.256 e. The van der Waals surface area contributed by atoms with Crippen molar-refractivity contribution < 1.29 is 4.74 Å². The van der Waals surface area contributed by atoms with Crippen LogP contribution in [0.4, 0.5) is 34.1 Å². The molecule has 3 heterocycles. The third-order valence-electron chi connectivity index (χ3n) is 15.1. The van der Waals surface area contributed by atoms with E-state index in [1.807, 2.05) is 0 Å². The maximum atomic E-state index is 7.22. The molecule has 0 radical (unpaired) electrons. The Morgan fingerprint density at radius 1 is 0.414 bits per heavy atom. The molecule has 0 aliphatic carbocycles.